The number of alkyl halides is 3. The van der Waals surface area contributed by atoms with E-state index < -0.39 is 29.2 Å². The lowest BCUT2D eigenvalue weighted by molar-refractivity contribution is -0.137. The number of hydrogen-bond donors (Lipinski definition) is 4. The van der Waals surface area contributed by atoms with Crippen LogP contribution in [-0.4, -0.2) is 53.5 Å². The summed E-state index contributed by atoms with van der Waals surface area (Å²) in [5.41, 5.74) is 5.38. The standard InChI is InChI=1S/C25H29F3N4O3/c26-25(27,28)18-5-1-3-16(11-18)23(34)30-13-22(33)31-20-14-32(15-20)21-7-9-24(35,10-8-21)17-4-2-6-19(29)12-17/h1-6,11-12,20-21,35H,7-10,13-15,29H2,(H,30,34)(H,31,33)/t21-,24-. The molecule has 35 heavy (non-hydrogen) atoms. The van der Waals surface area contributed by atoms with Crippen LogP contribution in [0.5, 0.6) is 0 Å². The molecule has 2 aromatic carbocycles. The summed E-state index contributed by atoms with van der Waals surface area (Å²) in [6, 6.07) is 11.7. The van der Waals surface area contributed by atoms with Gasteiger partial charge in [0.15, 0.2) is 0 Å². The highest BCUT2D eigenvalue weighted by atomic mass is 19.4. The van der Waals surface area contributed by atoms with Crippen molar-refractivity contribution in [3.05, 3.63) is 65.2 Å². The minimum atomic E-state index is -4.55. The van der Waals surface area contributed by atoms with Gasteiger partial charge in [0, 0.05) is 30.4 Å². The number of nitrogens with one attached hydrogen (secondary N) is 2. The van der Waals surface area contributed by atoms with Crippen LogP contribution in [0.1, 0.15) is 47.2 Å². The Hall–Kier alpha value is -3.11. The predicted octanol–water partition coefficient (Wildman–Crippen LogP) is 2.65. The number of carbonyl (C=O) groups is 2. The lowest BCUT2D eigenvalue weighted by atomic mass is 9.76. The normalized spacial score (nSPS) is 23.4. The van der Waals surface area contributed by atoms with Gasteiger partial charge in [-0.25, -0.2) is 0 Å². The number of anilines is 1. The minimum absolute atomic E-state index is 0.0531. The Labute approximate surface area is 201 Å². The van der Waals surface area contributed by atoms with E-state index in [1.54, 1.807) is 6.07 Å². The van der Waals surface area contributed by atoms with Crippen molar-refractivity contribution in [2.24, 2.45) is 0 Å². The first kappa shape index (κ1) is 25.0. The fourth-order valence-corrected chi connectivity index (χ4v) is 4.84. The Morgan fingerprint density at radius 3 is 2.43 bits per heavy atom. The highest BCUT2D eigenvalue weighted by Crippen LogP contribution is 2.40. The average Bonchev–Trinajstić information content (AvgIpc) is 2.80. The molecule has 1 saturated carbocycles. The smallest absolute Gasteiger partial charge is 0.399 e. The quantitative estimate of drug-likeness (QED) is 0.466. The van der Waals surface area contributed by atoms with Gasteiger partial charge in [0.2, 0.25) is 5.91 Å². The number of nitrogen functional groups attached to an aromatic ring is 1. The second-order valence-electron chi connectivity index (χ2n) is 9.37. The summed E-state index contributed by atoms with van der Waals surface area (Å²) in [6.45, 7) is 1.03. The number of amides is 2. The predicted molar refractivity (Wildman–Crippen MR) is 124 cm³/mol. The number of likely N-dealkylation sites (tertiary alicyclic amines) is 1. The molecular weight excluding hydrogens is 461 g/mol. The Bertz CT molecular complexity index is 1080. The van der Waals surface area contributed by atoms with Gasteiger partial charge in [-0.3, -0.25) is 14.5 Å². The minimum Gasteiger partial charge on any atom is -0.399 e. The Morgan fingerprint density at radius 2 is 1.77 bits per heavy atom. The van der Waals surface area contributed by atoms with Gasteiger partial charge in [-0.05, 0) is 61.6 Å². The maximum absolute atomic E-state index is 12.8. The SMILES string of the molecule is Nc1cccc([C@]2(O)CC[C@H](N3CC(NC(=O)CNC(=O)c4cccc(C(F)(F)F)c4)C3)CC2)c1. The molecule has 0 aromatic heterocycles. The van der Waals surface area contributed by atoms with E-state index in [-0.39, 0.29) is 18.2 Å². The van der Waals surface area contributed by atoms with Gasteiger partial charge in [0.1, 0.15) is 0 Å². The molecule has 0 radical (unpaired) electrons. The summed E-state index contributed by atoms with van der Waals surface area (Å²) in [4.78, 5) is 26.6. The van der Waals surface area contributed by atoms with Gasteiger partial charge in [0.25, 0.3) is 5.91 Å². The fourth-order valence-electron chi connectivity index (χ4n) is 4.84. The van der Waals surface area contributed by atoms with Crippen molar-refractivity contribution >= 4 is 17.5 Å². The van der Waals surface area contributed by atoms with Crippen molar-refractivity contribution in [3.63, 3.8) is 0 Å². The van der Waals surface area contributed by atoms with E-state index in [1.807, 2.05) is 18.2 Å². The number of nitrogens with two attached hydrogens (primary N) is 1. The van der Waals surface area contributed by atoms with Crippen LogP contribution in [0.25, 0.3) is 0 Å². The van der Waals surface area contributed by atoms with E-state index in [1.165, 1.54) is 6.07 Å². The van der Waals surface area contributed by atoms with Crippen molar-refractivity contribution in [3.8, 4) is 0 Å². The monoisotopic (exact) mass is 490 g/mol. The van der Waals surface area contributed by atoms with Crippen LogP contribution in [-0.2, 0) is 16.6 Å². The van der Waals surface area contributed by atoms with Gasteiger partial charge in [-0.2, -0.15) is 13.2 Å². The van der Waals surface area contributed by atoms with E-state index in [0.29, 0.717) is 37.7 Å². The number of halogens is 3. The largest absolute Gasteiger partial charge is 0.416 e. The Kier molecular flexibility index (Phi) is 7.05. The van der Waals surface area contributed by atoms with Crippen LogP contribution in [0, 0.1) is 0 Å². The van der Waals surface area contributed by atoms with Crippen LogP contribution in [0.3, 0.4) is 0 Å². The highest BCUT2D eigenvalue weighted by molar-refractivity contribution is 5.96. The lowest BCUT2D eigenvalue weighted by Crippen LogP contribution is -2.63. The third kappa shape index (κ3) is 5.94. The number of rotatable bonds is 6. The second kappa shape index (κ2) is 9.87. The van der Waals surface area contributed by atoms with Crippen molar-refractivity contribution in [1.82, 2.24) is 15.5 Å². The maximum atomic E-state index is 12.8. The van der Waals surface area contributed by atoms with Gasteiger partial charge in [-0.15, -0.1) is 0 Å². The summed E-state index contributed by atoms with van der Waals surface area (Å²) in [5, 5.41) is 16.3. The molecule has 2 amide bonds. The Morgan fingerprint density at radius 1 is 1.09 bits per heavy atom. The van der Waals surface area contributed by atoms with E-state index in [2.05, 4.69) is 15.5 Å². The number of aliphatic hydroxyl groups is 1. The molecule has 2 aromatic rings. The van der Waals surface area contributed by atoms with Gasteiger partial charge >= 0.3 is 6.18 Å². The summed E-state index contributed by atoms with van der Waals surface area (Å²) >= 11 is 0. The van der Waals surface area contributed by atoms with Crippen LogP contribution in [0.2, 0.25) is 0 Å². The van der Waals surface area contributed by atoms with Gasteiger partial charge in [0.05, 0.1) is 23.8 Å². The van der Waals surface area contributed by atoms with Crippen molar-refractivity contribution in [1.29, 1.82) is 0 Å². The molecule has 0 unspecified atom stereocenters. The molecule has 2 fully saturated rings. The average molecular weight is 491 g/mol. The molecule has 0 bridgehead atoms. The van der Waals surface area contributed by atoms with E-state index in [0.717, 1.165) is 36.6 Å². The first-order valence-electron chi connectivity index (χ1n) is 11.6. The molecule has 1 saturated heterocycles. The summed E-state index contributed by atoms with van der Waals surface area (Å²) in [5.74, 6) is -1.13. The molecule has 7 nitrogen and oxygen atoms in total. The van der Waals surface area contributed by atoms with Crippen LogP contribution in [0.4, 0.5) is 18.9 Å². The first-order valence-corrected chi connectivity index (χ1v) is 11.6. The van der Waals surface area contributed by atoms with Crippen molar-refractivity contribution in [2.75, 3.05) is 25.4 Å². The molecule has 0 atom stereocenters. The molecule has 10 heteroatoms. The number of benzene rings is 2. The van der Waals surface area contributed by atoms with Crippen LogP contribution >= 0.6 is 0 Å². The zero-order valence-electron chi connectivity index (χ0n) is 19.1. The Balaban J connectivity index is 1.18. The summed E-state index contributed by atoms with van der Waals surface area (Å²) in [7, 11) is 0. The molecule has 4 rings (SSSR count). The molecule has 5 N–H and O–H groups in total. The van der Waals surface area contributed by atoms with Gasteiger partial charge in [-0.1, -0.05) is 18.2 Å². The third-order valence-corrected chi connectivity index (χ3v) is 6.86. The molecule has 1 aliphatic heterocycles. The molecule has 1 aliphatic carbocycles. The summed E-state index contributed by atoms with van der Waals surface area (Å²) < 4.78 is 38.4. The number of carbonyl (C=O) groups excluding carboxylic acids is 2. The maximum Gasteiger partial charge on any atom is 0.416 e. The second-order valence-corrected chi connectivity index (χ2v) is 9.37. The number of nitrogens with zero attached hydrogens (tertiary/aromatic N) is 1. The summed E-state index contributed by atoms with van der Waals surface area (Å²) in [6.07, 6.45) is -1.61. The zero-order chi connectivity index (χ0) is 25.2. The molecular formula is C25H29F3N4O3. The highest BCUT2D eigenvalue weighted by Gasteiger charge is 2.40. The lowest BCUT2D eigenvalue weighted by Gasteiger charge is -2.48. The fraction of sp³-hybridized carbons (Fsp3) is 0.440. The van der Waals surface area contributed by atoms with Crippen LogP contribution in [0.15, 0.2) is 48.5 Å². The van der Waals surface area contributed by atoms with Crippen molar-refractivity contribution < 1.29 is 27.9 Å². The molecule has 2 aliphatic rings. The van der Waals surface area contributed by atoms with Gasteiger partial charge < -0.3 is 21.5 Å². The van der Waals surface area contributed by atoms with E-state index in [9.17, 15) is 27.9 Å². The third-order valence-electron chi connectivity index (χ3n) is 6.86. The van der Waals surface area contributed by atoms with E-state index in [4.69, 9.17) is 5.73 Å². The van der Waals surface area contributed by atoms with E-state index >= 15 is 0 Å². The zero-order valence-corrected chi connectivity index (χ0v) is 19.1. The van der Waals surface area contributed by atoms with Crippen LogP contribution < -0.4 is 16.4 Å². The first-order chi connectivity index (χ1) is 16.5. The van der Waals surface area contributed by atoms with Crippen molar-refractivity contribution in [2.45, 2.75) is 49.5 Å². The topological polar surface area (TPSA) is 108 Å². The molecule has 188 valence electrons. The molecule has 1 heterocycles. The number of hydrogen-bond acceptors (Lipinski definition) is 5. The molecule has 0 spiro atoms.